The van der Waals surface area contributed by atoms with Gasteiger partial charge in [-0.1, -0.05) is 18.2 Å². The van der Waals surface area contributed by atoms with E-state index in [-0.39, 0.29) is 49.1 Å². The fraction of sp³-hybridized carbons (Fsp3) is 0.382. The van der Waals surface area contributed by atoms with Gasteiger partial charge < -0.3 is 36.4 Å². The number of carbonyl (C=O) groups excluding carboxylic acids is 5. The standard InChI is InChI=1S/C34H33F3N4O9/c1-40(2)25-19-13-15-12-18-17(14-5-7-16(8-6-14)39-31(48)20-4-3-11-41(20)32(49)34(35,36)37)9-10-21(42)23(18)26(43)22(15)28(45)33(19,50)29(46)24(27(25)44)30(38)47/h5-10,15,19-20,25,42,44-45,50H,3-4,11-13H2,1-2H3,(H2,38,47)(H,39,48)/t15-,19+,20?,25-,33+/m1/s1. The van der Waals surface area contributed by atoms with Crippen LogP contribution in [0.15, 0.2) is 59.1 Å². The number of likely N-dealkylation sites (N-methyl/N-ethyl adjacent to an activating group) is 1. The van der Waals surface area contributed by atoms with Crippen molar-refractivity contribution in [3.63, 3.8) is 0 Å². The second kappa shape index (κ2) is 12.0. The van der Waals surface area contributed by atoms with Gasteiger partial charge in [-0.3, -0.25) is 28.9 Å². The van der Waals surface area contributed by atoms with Gasteiger partial charge in [0.15, 0.2) is 11.4 Å². The van der Waals surface area contributed by atoms with Gasteiger partial charge in [0.25, 0.3) is 5.91 Å². The number of amides is 3. The molecule has 13 nitrogen and oxygen atoms in total. The number of anilines is 1. The molecule has 2 aromatic carbocycles. The van der Waals surface area contributed by atoms with Crippen LogP contribution in [0.3, 0.4) is 0 Å². The number of phenolic OH excluding ortho intramolecular Hbond substituents is 1. The minimum atomic E-state index is -5.11. The van der Waals surface area contributed by atoms with Gasteiger partial charge in [-0.25, -0.2) is 0 Å². The molecule has 50 heavy (non-hydrogen) atoms. The van der Waals surface area contributed by atoms with Gasteiger partial charge in [0.05, 0.1) is 11.6 Å². The second-order valence-electron chi connectivity index (χ2n) is 13.2. The molecule has 16 heteroatoms. The van der Waals surface area contributed by atoms with Crippen molar-refractivity contribution in [1.29, 1.82) is 0 Å². The number of fused-ring (bicyclic) bond motifs is 3. The minimum absolute atomic E-state index is 0.0432. The van der Waals surface area contributed by atoms with Crippen LogP contribution in [0.5, 0.6) is 5.75 Å². The molecule has 0 saturated carbocycles. The summed E-state index contributed by atoms with van der Waals surface area (Å²) in [7, 11) is 3.06. The molecule has 1 unspecified atom stereocenters. The van der Waals surface area contributed by atoms with E-state index in [1.54, 1.807) is 18.2 Å². The topological polar surface area (TPSA) is 211 Å². The molecular formula is C34H33F3N4O9. The second-order valence-corrected chi connectivity index (χ2v) is 13.2. The number of aliphatic hydroxyl groups excluding tert-OH is 2. The molecule has 0 radical (unpaired) electrons. The highest BCUT2D eigenvalue weighted by Crippen LogP contribution is 2.53. The van der Waals surface area contributed by atoms with Gasteiger partial charge in [-0.2, -0.15) is 13.2 Å². The third-order valence-electron chi connectivity index (χ3n) is 10.1. The molecule has 4 aliphatic rings. The molecule has 2 aromatic rings. The maximum atomic E-state index is 14.0. The molecule has 0 aromatic heterocycles. The zero-order valence-electron chi connectivity index (χ0n) is 26.7. The van der Waals surface area contributed by atoms with Crippen LogP contribution in [-0.2, 0) is 25.6 Å². The maximum absolute atomic E-state index is 14.0. The SMILES string of the molecule is CN(C)[C@H]1C(O)=C(C(N)=O)C(=O)[C@@]2(O)C(O)=C3C(=O)c4c(O)ccc(-c5ccc(NC(=O)C6CCCN6C(=O)C(F)(F)F)cc5)c4C[C@@H]3C[C@@H]12. The Kier molecular flexibility index (Phi) is 8.30. The Morgan fingerprint density at radius 2 is 1.70 bits per heavy atom. The van der Waals surface area contributed by atoms with Gasteiger partial charge in [0.1, 0.15) is 28.9 Å². The van der Waals surface area contributed by atoms with Crippen molar-refractivity contribution < 1.29 is 57.6 Å². The first-order valence-electron chi connectivity index (χ1n) is 15.7. The number of hydrogen-bond donors (Lipinski definition) is 6. The molecule has 0 spiro atoms. The molecule has 7 N–H and O–H groups in total. The van der Waals surface area contributed by atoms with Gasteiger partial charge in [0.2, 0.25) is 11.7 Å². The number of rotatable bonds is 5. The van der Waals surface area contributed by atoms with Gasteiger partial charge in [0, 0.05) is 23.7 Å². The number of aromatic hydroxyl groups is 1. The molecular weight excluding hydrogens is 665 g/mol. The minimum Gasteiger partial charge on any atom is -0.510 e. The molecule has 6 rings (SSSR count). The zero-order valence-corrected chi connectivity index (χ0v) is 26.7. The number of nitrogens with two attached hydrogens (primary N) is 1. The summed E-state index contributed by atoms with van der Waals surface area (Å²) in [6.07, 6.45) is -4.87. The molecule has 264 valence electrons. The summed E-state index contributed by atoms with van der Waals surface area (Å²) in [5.74, 6) is -10.5. The lowest BCUT2D eigenvalue weighted by atomic mass is 9.58. The van der Waals surface area contributed by atoms with Crippen LogP contribution in [0.2, 0.25) is 0 Å². The number of nitrogens with zero attached hydrogens (tertiary/aromatic N) is 2. The summed E-state index contributed by atoms with van der Waals surface area (Å²) in [6.45, 7) is -0.200. The number of carbonyl (C=O) groups is 5. The van der Waals surface area contributed by atoms with E-state index in [4.69, 9.17) is 5.73 Å². The van der Waals surface area contributed by atoms with E-state index in [1.165, 1.54) is 37.2 Å². The van der Waals surface area contributed by atoms with Crippen LogP contribution in [0.1, 0.15) is 35.2 Å². The van der Waals surface area contributed by atoms with Crippen LogP contribution in [0.4, 0.5) is 18.9 Å². The number of phenols is 1. The Labute approximate surface area is 282 Å². The average molecular weight is 699 g/mol. The smallest absolute Gasteiger partial charge is 0.471 e. The largest absolute Gasteiger partial charge is 0.510 e. The van der Waals surface area contributed by atoms with E-state index < -0.39 is 87.8 Å². The Bertz CT molecular complexity index is 1920. The Hall–Kier alpha value is -5.22. The van der Waals surface area contributed by atoms with E-state index in [9.17, 15) is 57.6 Å². The van der Waals surface area contributed by atoms with Crippen LogP contribution in [0.25, 0.3) is 11.1 Å². The number of aliphatic hydroxyl groups is 3. The zero-order chi connectivity index (χ0) is 36.6. The first kappa shape index (κ1) is 34.6. The maximum Gasteiger partial charge on any atom is 0.471 e. The lowest BCUT2D eigenvalue weighted by molar-refractivity contribution is -0.186. The molecule has 1 aliphatic heterocycles. The predicted octanol–water partition coefficient (Wildman–Crippen LogP) is 2.28. The number of primary amides is 1. The quantitative estimate of drug-likeness (QED) is 0.251. The Morgan fingerprint density at radius 1 is 1.04 bits per heavy atom. The van der Waals surface area contributed by atoms with Crippen molar-refractivity contribution in [3.8, 4) is 16.9 Å². The first-order valence-corrected chi connectivity index (χ1v) is 15.7. The molecule has 5 atom stereocenters. The molecule has 1 heterocycles. The summed E-state index contributed by atoms with van der Waals surface area (Å²) in [6, 6.07) is 6.51. The van der Waals surface area contributed by atoms with Crippen molar-refractivity contribution in [1.82, 2.24) is 9.80 Å². The number of benzene rings is 2. The van der Waals surface area contributed by atoms with Gasteiger partial charge >= 0.3 is 12.1 Å². The average Bonchev–Trinajstić information content (AvgIpc) is 3.52. The molecule has 0 bridgehead atoms. The number of likely N-dealkylation sites (tertiary alicyclic amines) is 1. The highest BCUT2D eigenvalue weighted by Gasteiger charge is 2.63. The normalized spacial score (nSPS) is 26.5. The van der Waals surface area contributed by atoms with Crippen LogP contribution in [0, 0.1) is 11.8 Å². The lowest BCUT2D eigenvalue weighted by Gasteiger charge is -2.50. The van der Waals surface area contributed by atoms with Crippen molar-refractivity contribution in [2.45, 2.75) is 49.5 Å². The number of halogens is 3. The third kappa shape index (κ3) is 5.20. The highest BCUT2D eigenvalue weighted by atomic mass is 19.4. The first-order chi connectivity index (χ1) is 23.4. The van der Waals surface area contributed by atoms with Crippen LogP contribution >= 0.6 is 0 Å². The van der Waals surface area contributed by atoms with E-state index in [0.717, 1.165) is 0 Å². The molecule has 3 amide bonds. The molecule has 3 aliphatic carbocycles. The fourth-order valence-corrected chi connectivity index (χ4v) is 7.92. The van der Waals surface area contributed by atoms with Crippen LogP contribution < -0.4 is 11.1 Å². The Morgan fingerprint density at radius 3 is 2.30 bits per heavy atom. The van der Waals surface area contributed by atoms with E-state index >= 15 is 0 Å². The fourth-order valence-electron chi connectivity index (χ4n) is 7.92. The highest BCUT2D eigenvalue weighted by molar-refractivity contribution is 6.25. The van der Waals surface area contributed by atoms with E-state index in [2.05, 4.69) is 5.32 Å². The molecule has 1 fully saturated rings. The number of ketones is 2. The van der Waals surface area contributed by atoms with Crippen molar-refractivity contribution in [3.05, 3.63) is 70.2 Å². The number of allylic oxidation sites excluding steroid dienone is 1. The van der Waals surface area contributed by atoms with E-state index in [1.807, 2.05) is 0 Å². The van der Waals surface area contributed by atoms with Crippen molar-refractivity contribution in [2.75, 3.05) is 26.0 Å². The lowest BCUT2D eigenvalue weighted by Crippen LogP contribution is -2.63. The number of Topliss-reactive ketones (excluding diaryl/α,β-unsaturated/α-hetero) is 2. The summed E-state index contributed by atoms with van der Waals surface area (Å²) in [4.78, 5) is 66.3. The van der Waals surface area contributed by atoms with Crippen molar-refractivity contribution in [2.24, 2.45) is 17.6 Å². The van der Waals surface area contributed by atoms with Gasteiger partial charge in [-0.15, -0.1) is 0 Å². The number of nitrogens with one attached hydrogen (secondary N) is 1. The van der Waals surface area contributed by atoms with E-state index in [0.29, 0.717) is 21.6 Å². The summed E-state index contributed by atoms with van der Waals surface area (Å²) >= 11 is 0. The van der Waals surface area contributed by atoms with Gasteiger partial charge in [-0.05, 0) is 80.6 Å². The number of alkyl halides is 3. The predicted molar refractivity (Wildman–Crippen MR) is 169 cm³/mol. The summed E-state index contributed by atoms with van der Waals surface area (Å²) < 4.78 is 39.1. The summed E-state index contributed by atoms with van der Waals surface area (Å²) in [5.41, 5.74) is 2.83. The summed E-state index contributed by atoms with van der Waals surface area (Å²) in [5, 5.41) is 47.6. The van der Waals surface area contributed by atoms with Crippen molar-refractivity contribution >= 4 is 35.0 Å². The number of hydrogen-bond acceptors (Lipinski definition) is 10. The monoisotopic (exact) mass is 698 g/mol. The molecule has 1 saturated heterocycles. The Balaban J connectivity index is 1.33. The third-order valence-corrected chi connectivity index (χ3v) is 10.1. The van der Waals surface area contributed by atoms with Crippen LogP contribution in [-0.4, -0.2) is 104 Å².